The zero-order valence-corrected chi connectivity index (χ0v) is 8.95. The van der Waals surface area contributed by atoms with Crippen LogP contribution in [0.1, 0.15) is 12.5 Å². The number of hydrogen-bond donors (Lipinski definition) is 1. The van der Waals surface area contributed by atoms with Crippen LogP contribution in [0.2, 0.25) is 0 Å². The Bertz CT molecular complexity index is 325. The van der Waals surface area contributed by atoms with Gasteiger partial charge in [0.25, 0.3) is 5.91 Å². The van der Waals surface area contributed by atoms with E-state index in [1.54, 1.807) is 0 Å². The van der Waals surface area contributed by atoms with Crippen LogP contribution in [0.3, 0.4) is 0 Å². The van der Waals surface area contributed by atoms with Crippen molar-refractivity contribution in [2.75, 3.05) is 13.7 Å². The van der Waals surface area contributed by atoms with E-state index in [1.165, 1.54) is 12.7 Å². The Morgan fingerprint density at radius 2 is 2.27 bits per heavy atom. The number of carbonyl (C=O) groups excluding carboxylic acids is 1. The molecule has 4 nitrogen and oxygen atoms in total. The predicted molar refractivity (Wildman–Crippen MR) is 56.5 cm³/mol. The van der Waals surface area contributed by atoms with Crippen LogP contribution in [0.15, 0.2) is 24.3 Å². The summed E-state index contributed by atoms with van der Waals surface area (Å²) in [6.45, 7) is 2.03. The minimum Gasteiger partial charge on any atom is -0.484 e. The summed E-state index contributed by atoms with van der Waals surface area (Å²) in [6.07, 6.45) is 0.946. The minimum absolute atomic E-state index is 0.0407. The average molecular weight is 209 g/mol. The molecule has 82 valence electrons. The van der Waals surface area contributed by atoms with Gasteiger partial charge in [-0.2, -0.15) is 0 Å². The van der Waals surface area contributed by atoms with Gasteiger partial charge < -0.3 is 4.74 Å². The van der Waals surface area contributed by atoms with Crippen molar-refractivity contribution >= 4 is 5.91 Å². The van der Waals surface area contributed by atoms with E-state index < -0.39 is 0 Å². The Hall–Kier alpha value is -1.55. The van der Waals surface area contributed by atoms with E-state index >= 15 is 0 Å². The van der Waals surface area contributed by atoms with Crippen molar-refractivity contribution in [2.24, 2.45) is 0 Å². The molecule has 0 fully saturated rings. The van der Waals surface area contributed by atoms with E-state index in [0.717, 1.165) is 6.42 Å². The standard InChI is InChI=1S/C11H15NO3/c1-3-9-5-4-6-10(7-9)15-8-11(13)12-14-2/h4-7H,3,8H2,1-2H3,(H,12,13). The number of ether oxygens (including phenoxy) is 1. The number of rotatable bonds is 5. The van der Waals surface area contributed by atoms with Crippen molar-refractivity contribution in [1.29, 1.82) is 0 Å². The molecule has 0 spiro atoms. The van der Waals surface area contributed by atoms with E-state index in [4.69, 9.17) is 4.74 Å². The quantitative estimate of drug-likeness (QED) is 0.744. The van der Waals surface area contributed by atoms with Gasteiger partial charge in [-0.05, 0) is 24.1 Å². The Morgan fingerprint density at radius 3 is 2.93 bits per heavy atom. The van der Waals surface area contributed by atoms with Gasteiger partial charge >= 0.3 is 0 Å². The number of hydrogen-bond acceptors (Lipinski definition) is 3. The Morgan fingerprint density at radius 1 is 1.47 bits per heavy atom. The number of nitrogens with one attached hydrogen (secondary N) is 1. The van der Waals surface area contributed by atoms with Crippen molar-refractivity contribution in [2.45, 2.75) is 13.3 Å². The lowest BCUT2D eigenvalue weighted by atomic mass is 10.2. The molecule has 1 rings (SSSR count). The van der Waals surface area contributed by atoms with Crippen LogP contribution >= 0.6 is 0 Å². The first-order valence-electron chi connectivity index (χ1n) is 4.79. The van der Waals surface area contributed by atoms with E-state index in [1.807, 2.05) is 24.3 Å². The molecular weight excluding hydrogens is 194 g/mol. The Balaban J connectivity index is 2.46. The molecule has 1 amide bonds. The second kappa shape index (κ2) is 6.03. The number of carbonyl (C=O) groups is 1. The second-order valence-corrected chi connectivity index (χ2v) is 3.02. The van der Waals surface area contributed by atoms with Crippen LogP contribution in [-0.2, 0) is 16.1 Å². The summed E-state index contributed by atoms with van der Waals surface area (Å²) in [5.74, 6) is 0.389. The maximum atomic E-state index is 11.0. The van der Waals surface area contributed by atoms with Gasteiger partial charge in [0.05, 0.1) is 7.11 Å². The van der Waals surface area contributed by atoms with Crippen molar-refractivity contribution in [3.63, 3.8) is 0 Å². The summed E-state index contributed by atoms with van der Waals surface area (Å²) < 4.78 is 5.27. The van der Waals surface area contributed by atoms with Crippen LogP contribution in [-0.4, -0.2) is 19.6 Å². The third-order valence-corrected chi connectivity index (χ3v) is 1.89. The fourth-order valence-electron chi connectivity index (χ4n) is 1.15. The zero-order valence-electron chi connectivity index (χ0n) is 8.95. The number of benzene rings is 1. The molecule has 0 aliphatic rings. The summed E-state index contributed by atoms with van der Waals surface area (Å²) >= 11 is 0. The molecule has 0 aliphatic heterocycles. The largest absolute Gasteiger partial charge is 0.484 e. The highest BCUT2D eigenvalue weighted by atomic mass is 16.6. The molecule has 0 saturated heterocycles. The van der Waals surface area contributed by atoms with Gasteiger partial charge in [0.15, 0.2) is 6.61 Å². The molecule has 0 heterocycles. The maximum Gasteiger partial charge on any atom is 0.281 e. The first-order valence-corrected chi connectivity index (χ1v) is 4.79. The third kappa shape index (κ3) is 3.99. The molecule has 0 radical (unpaired) electrons. The van der Waals surface area contributed by atoms with Crippen LogP contribution in [0.5, 0.6) is 5.75 Å². The molecule has 0 atom stereocenters. The smallest absolute Gasteiger partial charge is 0.281 e. The minimum atomic E-state index is -0.306. The molecular formula is C11H15NO3. The number of hydroxylamine groups is 1. The fourth-order valence-corrected chi connectivity index (χ4v) is 1.15. The van der Waals surface area contributed by atoms with Gasteiger partial charge in [0, 0.05) is 0 Å². The lowest BCUT2D eigenvalue weighted by Gasteiger charge is -2.06. The predicted octanol–water partition coefficient (Wildman–Crippen LogP) is 1.31. The summed E-state index contributed by atoms with van der Waals surface area (Å²) in [5.41, 5.74) is 3.36. The van der Waals surface area contributed by atoms with Gasteiger partial charge in [-0.15, -0.1) is 0 Å². The van der Waals surface area contributed by atoms with Crippen molar-refractivity contribution in [3.8, 4) is 5.75 Å². The van der Waals surface area contributed by atoms with Crippen molar-refractivity contribution < 1.29 is 14.4 Å². The highest BCUT2D eigenvalue weighted by molar-refractivity contribution is 5.76. The number of aryl methyl sites for hydroxylation is 1. The van der Waals surface area contributed by atoms with Gasteiger partial charge in [-0.1, -0.05) is 19.1 Å². The van der Waals surface area contributed by atoms with Crippen LogP contribution in [0.25, 0.3) is 0 Å². The molecule has 0 unspecified atom stereocenters. The van der Waals surface area contributed by atoms with Crippen LogP contribution in [0, 0.1) is 0 Å². The van der Waals surface area contributed by atoms with Gasteiger partial charge in [-0.25, -0.2) is 5.48 Å². The highest BCUT2D eigenvalue weighted by Crippen LogP contribution is 2.13. The van der Waals surface area contributed by atoms with E-state index in [2.05, 4.69) is 17.2 Å². The first kappa shape index (κ1) is 11.5. The van der Waals surface area contributed by atoms with Crippen molar-refractivity contribution in [3.05, 3.63) is 29.8 Å². The fraction of sp³-hybridized carbons (Fsp3) is 0.364. The molecule has 0 aliphatic carbocycles. The Kier molecular flexibility index (Phi) is 4.63. The SMILES string of the molecule is CCc1cccc(OCC(=O)NOC)c1. The molecule has 0 saturated carbocycles. The normalized spacial score (nSPS) is 9.73. The molecule has 4 heteroatoms. The maximum absolute atomic E-state index is 11.0. The topological polar surface area (TPSA) is 47.6 Å². The van der Waals surface area contributed by atoms with E-state index in [-0.39, 0.29) is 12.5 Å². The first-order chi connectivity index (χ1) is 7.26. The summed E-state index contributed by atoms with van der Waals surface area (Å²) in [4.78, 5) is 15.5. The monoisotopic (exact) mass is 209 g/mol. The Labute approximate surface area is 89.1 Å². The molecule has 0 aromatic heterocycles. The highest BCUT2D eigenvalue weighted by Gasteiger charge is 2.01. The lowest BCUT2D eigenvalue weighted by Crippen LogP contribution is -2.27. The molecule has 1 N–H and O–H groups in total. The molecule has 1 aromatic carbocycles. The lowest BCUT2D eigenvalue weighted by molar-refractivity contribution is -0.133. The summed E-state index contributed by atoms with van der Waals surface area (Å²) in [6, 6.07) is 7.66. The average Bonchev–Trinajstić information content (AvgIpc) is 2.27. The van der Waals surface area contributed by atoms with Gasteiger partial charge in [0.2, 0.25) is 0 Å². The second-order valence-electron chi connectivity index (χ2n) is 3.02. The van der Waals surface area contributed by atoms with E-state index in [0.29, 0.717) is 5.75 Å². The van der Waals surface area contributed by atoms with Crippen molar-refractivity contribution in [1.82, 2.24) is 5.48 Å². The summed E-state index contributed by atoms with van der Waals surface area (Å²) in [5, 5.41) is 0. The number of amides is 1. The molecule has 0 bridgehead atoms. The van der Waals surface area contributed by atoms with Crippen LogP contribution < -0.4 is 10.2 Å². The zero-order chi connectivity index (χ0) is 11.1. The van der Waals surface area contributed by atoms with Gasteiger partial charge in [-0.3, -0.25) is 9.63 Å². The molecule has 15 heavy (non-hydrogen) atoms. The van der Waals surface area contributed by atoms with Crippen LogP contribution in [0.4, 0.5) is 0 Å². The van der Waals surface area contributed by atoms with Gasteiger partial charge in [0.1, 0.15) is 5.75 Å². The summed E-state index contributed by atoms with van der Waals surface area (Å²) in [7, 11) is 1.38. The molecule has 1 aromatic rings. The third-order valence-electron chi connectivity index (χ3n) is 1.89. The van der Waals surface area contributed by atoms with E-state index in [9.17, 15) is 4.79 Å².